The molecule has 3 atom stereocenters. The van der Waals surface area contributed by atoms with Crippen LogP contribution >= 0.6 is 0 Å². The van der Waals surface area contributed by atoms with Gasteiger partial charge in [0, 0.05) is 12.0 Å². The van der Waals surface area contributed by atoms with Crippen molar-refractivity contribution in [3.05, 3.63) is 29.8 Å². The molecule has 0 radical (unpaired) electrons. The van der Waals surface area contributed by atoms with Crippen LogP contribution in [0.2, 0.25) is 0 Å². The van der Waals surface area contributed by atoms with Gasteiger partial charge in [-0.25, -0.2) is 4.79 Å². The maximum atomic E-state index is 12.7. The number of unbranched alkanes of at least 4 members (excludes halogenated alkanes) is 3. The lowest BCUT2D eigenvalue weighted by atomic mass is 9.75. The smallest absolute Gasteiger partial charge is 0.338 e. The predicted molar refractivity (Wildman–Crippen MR) is 135 cm³/mol. The van der Waals surface area contributed by atoms with Gasteiger partial charge in [-0.15, -0.1) is 0 Å². The summed E-state index contributed by atoms with van der Waals surface area (Å²) in [6.07, 6.45) is 8.89. The molecule has 0 spiro atoms. The van der Waals surface area contributed by atoms with E-state index in [1.807, 2.05) is 24.3 Å². The van der Waals surface area contributed by atoms with E-state index < -0.39 is 0 Å². The maximum Gasteiger partial charge on any atom is 0.338 e. The average Bonchev–Trinajstić information content (AvgIpc) is 2.79. The lowest BCUT2D eigenvalue weighted by Crippen LogP contribution is -2.45. The first-order valence-corrected chi connectivity index (χ1v) is 13.5. The Labute approximate surface area is 206 Å². The van der Waals surface area contributed by atoms with Crippen LogP contribution in [-0.4, -0.2) is 45.1 Å². The van der Waals surface area contributed by atoms with Crippen LogP contribution in [0.25, 0.3) is 0 Å². The van der Waals surface area contributed by atoms with Crippen molar-refractivity contribution >= 4 is 5.97 Å². The van der Waals surface area contributed by atoms with E-state index in [0.717, 1.165) is 77.1 Å². The molecule has 34 heavy (non-hydrogen) atoms. The van der Waals surface area contributed by atoms with Crippen molar-refractivity contribution in [2.45, 2.75) is 85.2 Å². The third-order valence-corrected chi connectivity index (χ3v) is 7.74. The van der Waals surface area contributed by atoms with Gasteiger partial charge in [-0.3, -0.25) is 0 Å². The molecule has 5 nitrogen and oxygen atoms in total. The summed E-state index contributed by atoms with van der Waals surface area (Å²) in [7, 11) is 0. The minimum Gasteiger partial charge on any atom is -0.494 e. The average molecular weight is 475 g/mol. The van der Waals surface area contributed by atoms with E-state index in [1.54, 1.807) is 0 Å². The summed E-state index contributed by atoms with van der Waals surface area (Å²) in [6, 6.07) is 7.40. The molecule has 3 unspecified atom stereocenters. The molecule has 3 rings (SSSR count). The van der Waals surface area contributed by atoms with Crippen molar-refractivity contribution in [1.82, 2.24) is 0 Å². The van der Waals surface area contributed by atoms with Crippen molar-refractivity contribution in [2.24, 2.45) is 23.2 Å². The first kappa shape index (κ1) is 27.0. The Kier molecular flexibility index (Phi) is 10.7. The zero-order valence-electron chi connectivity index (χ0n) is 21.9. The summed E-state index contributed by atoms with van der Waals surface area (Å²) in [4.78, 5) is 12.7. The van der Waals surface area contributed by atoms with Gasteiger partial charge in [-0.05, 0) is 80.5 Å². The van der Waals surface area contributed by atoms with Crippen LogP contribution in [0.1, 0.15) is 89.4 Å². The Balaban J connectivity index is 1.28. The molecule has 5 heteroatoms. The molecule has 1 saturated carbocycles. The first-order valence-electron chi connectivity index (χ1n) is 13.5. The SMILES string of the molecule is CCC1(COCCCCCCOc2ccc(C(=O)OC3CC(C)CCC3C(C)C)cc2)COC1. The molecule has 1 aliphatic carbocycles. The molecule has 1 saturated heterocycles. The minimum absolute atomic E-state index is 0.0255. The van der Waals surface area contributed by atoms with Crippen LogP contribution < -0.4 is 4.74 Å². The molecular weight excluding hydrogens is 428 g/mol. The predicted octanol–water partition coefficient (Wildman–Crippen LogP) is 6.69. The summed E-state index contributed by atoms with van der Waals surface area (Å²) in [5.41, 5.74) is 0.886. The number of hydrogen-bond donors (Lipinski definition) is 0. The van der Waals surface area contributed by atoms with E-state index in [1.165, 1.54) is 6.42 Å². The Morgan fingerprint density at radius 2 is 1.76 bits per heavy atom. The lowest BCUT2D eigenvalue weighted by molar-refractivity contribution is -0.150. The number of carbonyl (C=O) groups excluding carboxylic acids is 1. The highest BCUT2D eigenvalue weighted by atomic mass is 16.5. The van der Waals surface area contributed by atoms with Gasteiger partial charge in [0.1, 0.15) is 11.9 Å². The number of rotatable bonds is 14. The van der Waals surface area contributed by atoms with Crippen molar-refractivity contribution in [1.29, 1.82) is 0 Å². The van der Waals surface area contributed by atoms with Crippen molar-refractivity contribution < 1.29 is 23.7 Å². The molecule has 0 amide bonds. The summed E-state index contributed by atoms with van der Waals surface area (Å²) < 4.78 is 23.0. The fourth-order valence-electron chi connectivity index (χ4n) is 5.06. The van der Waals surface area contributed by atoms with Crippen molar-refractivity contribution in [2.75, 3.05) is 33.0 Å². The monoisotopic (exact) mass is 474 g/mol. The van der Waals surface area contributed by atoms with E-state index in [-0.39, 0.29) is 17.5 Å². The molecule has 0 aromatic heterocycles. The van der Waals surface area contributed by atoms with Gasteiger partial charge in [0.25, 0.3) is 0 Å². The molecular formula is C29H46O5. The number of esters is 1. The topological polar surface area (TPSA) is 54.0 Å². The summed E-state index contributed by atoms with van der Waals surface area (Å²) in [6.45, 7) is 13.0. The van der Waals surface area contributed by atoms with E-state index in [4.69, 9.17) is 18.9 Å². The minimum atomic E-state index is -0.215. The Bertz CT molecular complexity index is 719. The van der Waals surface area contributed by atoms with Crippen LogP contribution in [0, 0.1) is 23.2 Å². The summed E-state index contributed by atoms with van der Waals surface area (Å²) >= 11 is 0. The molecule has 2 fully saturated rings. The lowest BCUT2D eigenvalue weighted by Gasteiger charge is -2.40. The molecule has 2 aliphatic rings. The molecule has 1 heterocycles. The highest BCUT2D eigenvalue weighted by Crippen LogP contribution is 2.36. The Hall–Kier alpha value is -1.59. The molecule has 1 aromatic carbocycles. The third-order valence-electron chi connectivity index (χ3n) is 7.74. The highest BCUT2D eigenvalue weighted by molar-refractivity contribution is 5.89. The second kappa shape index (κ2) is 13.5. The quantitative estimate of drug-likeness (QED) is 0.222. The van der Waals surface area contributed by atoms with Crippen molar-refractivity contribution in [3.8, 4) is 5.75 Å². The zero-order valence-corrected chi connectivity index (χ0v) is 21.9. The molecule has 1 aromatic rings. The standard InChI is InChI=1S/C29H46O5/c1-5-29(20-32-21-29)19-31-16-8-6-7-9-17-33-25-13-11-24(12-14-25)28(30)34-27-18-23(4)10-15-26(27)22(2)3/h11-14,22-23,26-27H,5-10,15-21H2,1-4H3. The zero-order chi connectivity index (χ0) is 24.4. The first-order chi connectivity index (χ1) is 16.4. The van der Waals surface area contributed by atoms with Crippen LogP contribution in [0.3, 0.4) is 0 Å². The number of ether oxygens (including phenoxy) is 4. The van der Waals surface area contributed by atoms with Crippen LogP contribution in [0.4, 0.5) is 0 Å². The Morgan fingerprint density at radius 3 is 2.38 bits per heavy atom. The van der Waals surface area contributed by atoms with E-state index >= 15 is 0 Å². The van der Waals surface area contributed by atoms with Crippen LogP contribution in [0.5, 0.6) is 5.75 Å². The second-order valence-corrected chi connectivity index (χ2v) is 11.0. The van der Waals surface area contributed by atoms with Gasteiger partial charge in [0.05, 0.1) is 32.0 Å². The normalized spacial score (nSPS) is 24.0. The van der Waals surface area contributed by atoms with Gasteiger partial charge >= 0.3 is 5.97 Å². The van der Waals surface area contributed by atoms with E-state index in [9.17, 15) is 4.79 Å². The fraction of sp³-hybridized carbons (Fsp3) is 0.759. The summed E-state index contributed by atoms with van der Waals surface area (Å²) in [5.74, 6) is 2.20. The van der Waals surface area contributed by atoms with Crippen molar-refractivity contribution in [3.63, 3.8) is 0 Å². The van der Waals surface area contributed by atoms with Gasteiger partial charge in [-0.2, -0.15) is 0 Å². The number of carbonyl (C=O) groups is 1. The largest absolute Gasteiger partial charge is 0.494 e. The van der Waals surface area contributed by atoms with E-state index in [2.05, 4.69) is 27.7 Å². The molecule has 0 N–H and O–H groups in total. The van der Waals surface area contributed by atoms with Gasteiger partial charge in [0.2, 0.25) is 0 Å². The van der Waals surface area contributed by atoms with Gasteiger partial charge < -0.3 is 18.9 Å². The van der Waals surface area contributed by atoms with Gasteiger partial charge in [0.15, 0.2) is 0 Å². The molecule has 192 valence electrons. The number of hydrogen-bond acceptors (Lipinski definition) is 5. The third kappa shape index (κ3) is 7.98. The highest BCUT2D eigenvalue weighted by Gasteiger charge is 2.37. The fourth-order valence-corrected chi connectivity index (χ4v) is 5.06. The van der Waals surface area contributed by atoms with Gasteiger partial charge in [-0.1, -0.05) is 40.5 Å². The molecule has 0 bridgehead atoms. The summed E-state index contributed by atoms with van der Waals surface area (Å²) in [5, 5.41) is 0. The number of benzene rings is 1. The molecule has 1 aliphatic heterocycles. The van der Waals surface area contributed by atoms with Crippen LogP contribution in [-0.2, 0) is 14.2 Å². The van der Waals surface area contributed by atoms with E-state index in [0.29, 0.717) is 29.9 Å². The second-order valence-electron chi connectivity index (χ2n) is 11.0. The maximum absolute atomic E-state index is 12.7. The Morgan fingerprint density at radius 1 is 1.06 bits per heavy atom. The van der Waals surface area contributed by atoms with Crippen LogP contribution in [0.15, 0.2) is 24.3 Å².